The second-order valence-corrected chi connectivity index (χ2v) is 5.22. The Hall–Kier alpha value is -1.13. The lowest BCUT2D eigenvalue weighted by molar-refractivity contribution is 0.0299. The van der Waals surface area contributed by atoms with Crippen molar-refractivity contribution in [3.63, 3.8) is 0 Å². The lowest BCUT2D eigenvalue weighted by atomic mass is 10.1. The number of ether oxygens (including phenoxy) is 1. The van der Waals surface area contributed by atoms with E-state index in [0.717, 1.165) is 31.0 Å². The molecule has 1 N–H and O–H groups in total. The van der Waals surface area contributed by atoms with Gasteiger partial charge in [-0.3, -0.25) is 4.98 Å². The van der Waals surface area contributed by atoms with Crippen molar-refractivity contribution < 1.29 is 9.84 Å². The van der Waals surface area contributed by atoms with Crippen molar-refractivity contribution in [3.05, 3.63) is 24.0 Å². The van der Waals surface area contributed by atoms with Gasteiger partial charge in [0.2, 0.25) is 0 Å². The number of pyridine rings is 1. The summed E-state index contributed by atoms with van der Waals surface area (Å²) in [5.41, 5.74) is 1.87. The van der Waals surface area contributed by atoms with Crippen LogP contribution in [0.4, 0.5) is 5.69 Å². The van der Waals surface area contributed by atoms with E-state index in [2.05, 4.69) is 29.8 Å². The van der Waals surface area contributed by atoms with E-state index in [1.165, 1.54) is 0 Å². The Morgan fingerprint density at radius 1 is 1.47 bits per heavy atom. The van der Waals surface area contributed by atoms with E-state index in [-0.39, 0.29) is 6.10 Å². The second kappa shape index (κ2) is 6.35. The Balaban J connectivity index is 2.15. The standard InChI is InChI=1S/C15H24N2O2/c1-4-12-10-19-11(3)9-17(12)13-6-7-14(16-8-13)15(18)5-2/h6-8,11-12,15,18H,4-5,9-10H2,1-3H3/t11?,12?,15-/m0/s1. The van der Waals surface area contributed by atoms with Gasteiger partial charge in [0.25, 0.3) is 0 Å². The molecule has 1 aromatic heterocycles. The highest BCUT2D eigenvalue weighted by Crippen LogP contribution is 2.24. The van der Waals surface area contributed by atoms with E-state index in [1.807, 2.05) is 19.2 Å². The van der Waals surface area contributed by atoms with Gasteiger partial charge in [0.05, 0.1) is 42.4 Å². The molecule has 0 saturated carbocycles. The van der Waals surface area contributed by atoms with Crippen LogP contribution in [0, 0.1) is 0 Å². The van der Waals surface area contributed by atoms with E-state index >= 15 is 0 Å². The van der Waals surface area contributed by atoms with Crippen LogP contribution < -0.4 is 4.90 Å². The van der Waals surface area contributed by atoms with E-state index in [4.69, 9.17) is 4.74 Å². The van der Waals surface area contributed by atoms with Crippen molar-refractivity contribution in [2.75, 3.05) is 18.1 Å². The number of nitrogens with zero attached hydrogens (tertiary/aromatic N) is 2. The van der Waals surface area contributed by atoms with Crippen LogP contribution in [0.15, 0.2) is 18.3 Å². The van der Waals surface area contributed by atoms with Gasteiger partial charge in [-0.15, -0.1) is 0 Å². The third kappa shape index (κ3) is 3.25. The fraction of sp³-hybridized carbons (Fsp3) is 0.667. The summed E-state index contributed by atoms with van der Waals surface area (Å²) < 4.78 is 5.71. The molecule has 2 heterocycles. The minimum atomic E-state index is -0.459. The fourth-order valence-corrected chi connectivity index (χ4v) is 2.47. The monoisotopic (exact) mass is 264 g/mol. The summed E-state index contributed by atoms with van der Waals surface area (Å²) in [6, 6.07) is 4.40. The van der Waals surface area contributed by atoms with Gasteiger partial charge in [0.15, 0.2) is 0 Å². The molecule has 1 saturated heterocycles. The number of hydrogen-bond donors (Lipinski definition) is 1. The molecule has 2 rings (SSSR count). The normalized spacial score (nSPS) is 25.4. The zero-order valence-corrected chi connectivity index (χ0v) is 12.0. The molecule has 4 heteroatoms. The summed E-state index contributed by atoms with van der Waals surface area (Å²) in [4.78, 5) is 6.75. The first-order valence-electron chi connectivity index (χ1n) is 7.18. The third-order valence-corrected chi connectivity index (χ3v) is 3.77. The largest absolute Gasteiger partial charge is 0.387 e. The van der Waals surface area contributed by atoms with Crippen molar-refractivity contribution in [1.29, 1.82) is 0 Å². The Bertz CT molecular complexity index is 394. The van der Waals surface area contributed by atoms with Gasteiger partial charge < -0.3 is 14.7 Å². The van der Waals surface area contributed by atoms with Gasteiger partial charge >= 0.3 is 0 Å². The first-order valence-corrected chi connectivity index (χ1v) is 7.18. The van der Waals surface area contributed by atoms with Crippen LogP contribution in [-0.4, -0.2) is 35.4 Å². The van der Waals surface area contributed by atoms with Crippen LogP contribution in [0.3, 0.4) is 0 Å². The summed E-state index contributed by atoms with van der Waals surface area (Å²) in [6.45, 7) is 7.91. The number of morpholine rings is 1. The van der Waals surface area contributed by atoms with Gasteiger partial charge in [-0.1, -0.05) is 13.8 Å². The van der Waals surface area contributed by atoms with Crippen LogP contribution in [0.1, 0.15) is 45.4 Å². The highest BCUT2D eigenvalue weighted by atomic mass is 16.5. The van der Waals surface area contributed by atoms with E-state index in [0.29, 0.717) is 12.5 Å². The maximum absolute atomic E-state index is 9.77. The average molecular weight is 264 g/mol. The highest BCUT2D eigenvalue weighted by Gasteiger charge is 2.25. The highest BCUT2D eigenvalue weighted by molar-refractivity contribution is 5.46. The number of aromatic nitrogens is 1. The SMILES string of the molecule is CCC1COC(C)CN1c1ccc([C@@H](O)CC)nc1. The number of rotatable bonds is 4. The maximum atomic E-state index is 9.77. The molecule has 0 spiro atoms. The maximum Gasteiger partial charge on any atom is 0.0957 e. The molecule has 19 heavy (non-hydrogen) atoms. The van der Waals surface area contributed by atoms with Crippen LogP contribution in [0.25, 0.3) is 0 Å². The minimum absolute atomic E-state index is 0.253. The van der Waals surface area contributed by atoms with Gasteiger partial charge in [0.1, 0.15) is 0 Å². The van der Waals surface area contributed by atoms with Crippen LogP contribution >= 0.6 is 0 Å². The van der Waals surface area contributed by atoms with Crippen molar-refractivity contribution in [2.24, 2.45) is 0 Å². The first kappa shape index (κ1) is 14.3. The van der Waals surface area contributed by atoms with Crippen molar-refractivity contribution in [3.8, 4) is 0 Å². The first-order chi connectivity index (χ1) is 9.15. The van der Waals surface area contributed by atoms with Crippen molar-refractivity contribution in [1.82, 2.24) is 4.98 Å². The molecule has 0 bridgehead atoms. The molecule has 3 atom stereocenters. The van der Waals surface area contributed by atoms with Gasteiger partial charge in [-0.05, 0) is 31.9 Å². The molecular weight excluding hydrogens is 240 g/mol. The molecule has 0 radical (unpaired) electrons. The predicted octanol–water partition coefficient (Wildman–Crippen LogP) is 2.53. The van der Waals surface area contributed by atoms with E-state index in [1.54, 1.807) is 0 Å². The smallest absolute Gasteiger partial charge is 0.0957 e. The summed E-state index contributed by atoms with van der Waals surface area (Å²) >= 11 is 0. The lowest BCUT2D eigenvalue weighted by Crippen LogP contribution is -2.48. The van der Waals surface area contributed by atoms with Crippen LogP contribution in [0.2, 0.25) is 0 Å². The predicted molar refractivity (Wildman–Crippen MR) is 76.3 cm³/mol. The molecule has 0 aliphatic carbocycles. The van der Waals surface area contributed by atoms with Gasteiger partial charge in [-0.2, -0.15) is 0 Å². The number of aliphatic hydroxyl groups excluding tert-OH is 1. The Labute approximate surface area is 115 Å². The molecule has 1 aromatic rings. The summed E-state index contributed by atoms with van der Waals surface area (Å²) in [5.74, 6) is 0. The second-order valence-electron chi connectivity index (χ2n) is 5.22. The van der Waals surface area contributed by atoms with Crippen LogP contribution in [-0.2, 0) is 4.74 Å². The molecule has 1 fully saturated rings. The molecule has 0 amide bonds. The zero-order chi connectivity index (χ0) is 13.8. The molecular formula is C15H24N2O2. The zero-order valence-electron chi connectivity index (χ0n) is 12.0. The molecule has 1 aliphatic rings. The molecule has 4 nitrogen and oxygen atoms in total. The molecule has 0 aromatic carbocycles. The topological polar surface area (TPSA) is 45.6 Å². The summed E-state index contributed by atoms with van der Waals surface area (Å²) in [5, 5.41) is 9.77. The Kier molecular flexibility index (Phi) is 4.77. The summed E-state index contributed by atoms with van der Waals surface area (Å²) in [6.07, 6.45) is 3.42. The molecule has 106 valence electrons. The summed E-state index contributed by atoms with van der Waals surface area (Å²) in [7, 11) is 0. The Morgan fingerprint density at radius 2 is 2.26 bits per heavy atom. The van der Waals surface area contributed by atoms with Crippen LogP contribution in [0.5, 0.6) is 0 Å². The van der Waals surface area contributed by atoms with Gasteiger partial charge in [0, 0.05) is 6.54 Å². The molecule has 1 aliphatic heterocycles. The average Bonchev–Trinajstić information content (AvgIpc) is 2.46. The Morgan fingerprint density at radius 3 is 2.84 bits per heavy atom. The third-order valence-electron chi connectivity index (χ3n) is 3.77. The van der Waals surface area contributed by atoms with E-state index in [9.17, 15) is 5.11 Å². The lowest BCUT2D eigenvalue weighted by Gasteiger charge is -2.39. The quantitative estimate of drug-likeness (QED) is 0.907. The van der Waals surface area contributed by atoms with Crippen molar-refractivity contribution >= 4 is 5.69 Å². The number of aliphatic hydroxyl groups is 1. The fourth-order valence-electron chi connectivity index (χ4n) is 2.47. The number of hydrogen-bond acceptors (Lipinski definition) is 4. The van der Waals surface area contributed by atoms with Gasteiger partial charge in [-0.25, -0.2) is 0 Å². The molecule has 2 unspecified atom stereocenters. The van der Waals surface area contributed by atoms with Crippen molar-refractivity contribution in [2.45, 2.75) is 51.9 Å². The number of anilines is 1. The minimum Gasteiger partial charge on any atom is -0.387 e. The van der Waals surface area contributed by atoms with E-state index < -0.39 is 6.10 Å².